The highest BCUT2D eigenvalue weighted by Gasteiger charge is 2.06. The standard InChI is InChI=1S/C11H8N2O2/c14-6-8-3-1-2-4-9(8)10-5-12-7-13-11(10)15/h1-7H,(H,12,13,15). The molecule has 1 heterocycles. The van der Waals surface area contributed by atoms with Crippen LogP contribution in [-0.2, 0) is 0 Å². The number of nitrogens with zero attached hydrogens (tertiary/aromatic N) is 1. The maximum Gasteiger partial charge on any atom is 0.258 e. The van der Waals surface area contributed by atoms with Crippen LogP contribution in [0, 0.1) is 0 Å². The third kappa shape index (κ3) is 1.69. The Kier molecular flexibility index (Phi) is 2.41. The van der Waals surface area contributed by atoms with Gasteiger partial charge in [0.25, 0.3) is 5.56 Å². The molecule has 0 unspecified atom stereocenters. The van der Waals surface area contributed by atoms with E-state index >= 15 is 0 Å². The summed E-state index contributed by atoms with van der Waals surface area (Å²) in [5, 5.41) is 0. The molecule has 2 rings (SSSR count). The largest absolute Gasteiger partial charge is 0.313 e. The van der Waals surface area contributed by atoms with E-state index in [1.54, 1.807) is 24.3 Å². The summed E-state index contributed by atoms with van der Waals surface area (Å²) in [6.45, 7) is 0. The summed E-state index contributed by atoms with van der Waals surface area (Å²) in [5.41, 5.74) is 1.23. The first-order valence-corrected chi connectivity index (χ1v) is 4.40. The topological polar surface area (TPSA) is 62.8 Å². The molecule has 0 saturated carbocycles. The minimum absolute atomic E-state index is 0.251. The van der Waals surface area contributed by atoms with Crippen molar-refractivity contribution in [3.63, 3.8) is 0 Å². The van der Waals surface area contributed by atoms with Crippen LogP contribution < -0.4 is 5.56 Å². The lowest BCUT2D eigenvalue weighted by atomic mass is 10.0. The van der Waals surface area contributed by atoms with Gasteiger partial charge in [-0.3, -0.25) is 9.59 Å². The molecule has 1 aromatic heterocycles. The van der Waals surface area contributed by atoms with Crippen LogP contribution in [0.1, 0.15) is 10.4 Å². The molecule has 0 radical (unpaired) electrons. The second-order valence-corrected chi connectivity index (χ2v) is 3.00. The van der Waals surface area contributed by atoms with Gasteiger partial charge in [0.2, 0.25) is 0 Å². The maximum atomic E-state index is 11.5. The Hall–Kier alpha value is -2.23. The number of rotatable bonds is 2. The first kappa shape index (κ1) is 9.33. The van der Waals surface area contributed by atoms with E-state index in [0.717, 1.165) is 6.29 Å². The van der Waals surface area contributed by atoms with Crippen molar-refractivity contribution in [3.05, 3.63) is 52.7 Å². The van der Waals surface area contributed by atoms with Crippen LogP contribution in [0.3, 0.4) is 0 Å². The van der Waals surface area contributed by atoms with Crippen molar-refractivity contribution < 1.29 is 4.79 Å². The average Bonchev–Trinajstić information content (AvgIpc) is 2.30. The lowest BCUT2D eigenvalue weighted by Crippen LogP contribution is -2.09. The van der Waals surface area contributed by atoms with Crippen LogP contribution >= 0.6 is 0 Å². The highest BCUT2D eigenvalue weighted by Crippen LogP contribution is 2.17. The van der Waals surface area contributed by atoms with Crippen LogP contribution in [0.25, 0.3) is 11.1 Å². The highest BCUT2D eigenvalue weighted by molar-refractivity contribution is 5.86. The van der Waals surface area contributed by atoms with Crippen LogP contribution in [0.5, 0.6) is 0 Å². The summed E-state index contributed by atoms with van der Waals surface area (Å²) in [7, 11) is 0. The molecular formula is C11H8N2O2. The van der Waals surface area contributed by atoms with Crippen LogP contribution in [-0.4, -0.2) is 16.3 Å². The van der Waals surface area contributed by atoms with E-state index in [4.69, 9.17) is 0 Å². The molecule has 0 fully saturated rings. The number of aldehydes is 1. The minimum Gasteiger partial charge on any atom is -0.313 e. The van der Waals surface area contributed by atoms with Gasteiger partial charge in [0, 0.05) is 11.8 Å². The van der Waals surface area contributed by atoms with Crippen molar-refractivity contribution >= 4 is 6.29 Å². The van der Waals surface area contributed by atoms with Gasteiger partial charge in [-0.25, -0.2) is 4.98 Å². The molecule has 0 aliphatic rings. The van der Waals surface area contributed by atoms with E-state index in [1.165, 1.54) is 12.5 Å². The van der Waals surface area contributed by atoms with E-state index in [2.05, 4.69) is 9.97 Å². The van der Waals surface area contributed by atoms with Gasteiger partial charge in [0.1, 0.15) is 0 Å². The van der Waals surface area contributed by atoms with Gasteiger partial charge < -0.3 is 4.98 Å². The first-order chi connectivity index (χ1) is 7.33. The summed E-state index contributed by atoms with van der Waals surface area (Å²) in [6, 6.07) is 6.90. The number of aromatic nitrogens is 2. The fourth-order valence-electron chi connectivity index (χ4n) is 1.38. The second kappa shape index (κ2) is 3.88. The van der Waals surface area contributed by atoms with Crippen molar-refractivity contribution in [3.8, 4) is 11.1 Å². The number of benzene rings is 1. The van der Waals surface area contributed by atoms with E-state index in [9.17, 15) is 9.59 Å². The Balaban J connectivity index is 2.69. The first-order valence-electron chi connectivity index (χ1n) is 4.40. The van der Waals surface area contributed by atoms with Crippen LogP contribution in [0.15, 0.2) is 41.6 Å². The lowest BCUT2D eigenvalue weighted by Gasteiger charge is -2.01. The third-order valence-electron chi connectivity index (χ3n) is 2.10. The van der Waals surface area contributed by atoms with E-state index in [0.29, 0.717) is 16.7 Å². The smallest absolute Gasteiger partial charge is 0.258 e. The molecule has 0 aliphatic heterocycles. The Morgan fingerprint density at radius 1 is 1.20 bits per heavy atom. The van der Waals surface area contributed by atoms with Crippen molar-refractivity contribution in [1.29, 1.82) is 0 Å². The van der Waals surface area contributed by atoms with Gasteiger partial charge in [-0.1, -0.05) is 24.3 Å². The van der Waals surface area contributed by atoms with Crippen molar-refractivity contribution in [1.82, 2.24) is 9.97 Å². The Labute approximate surface area is 85.6 Å². The molecule has 0 atom stereocenters. The zero-order chi connectivity index (χ0) is 10.7. The summed E-state index contributed by atoms with van der Waals surface area (Å²) >= 11 is 0. The monoisotopic (exact) mass is 200 g/mol. The van der Waals surface area contributed by atoms with E-state index in [-0.39, 0.29) is 5.56 Å². The Bertz CT molecular complexity index is 546. The molecule has 1 aromatic carbocycles. The van der Waals surface area contributed by atoms with Crippen molar-refractivity contribution in [2.75, 3.05) is 0 Å². The molecule has 0 aliphatic carbocycles. The fraction of sp³-hybridized carbons (Fsp3) is 0. The minimum atomic E-state index is -0.251. The number of hydrogen-bond acceptors (Lipinski definition) is 3. The SMILES string of the molecule is O=Cc1ccccc1-c1cnc[nH]c1=O. The third-order valence-corrected chi connectivity index (χ3v) is 2.10. The maximum absolute atomic E-state index is 11.5. The van der Waals surface area contributed by atoms with Gasteiger partial charge >= 0.3 is 0 Å². The molecule has 4 nitrogen and oxygen atoms in total. The normalized spacial score (nSPS) is 9.87. The van der Waals surface area contributed by atoms with Gasteiger partial charge in [0.15, 0.2) is 6.29 Å². The van der Waals surface area contributed by atoms with Gasteiger partial charge in [0.05, 0.1) is 11.9 Å². The molecule has 0 bridgehead atoms. The second-order valence-electron chi connectivity index (χ2n) is 3.00. The number of hydrogen-bond donors (Lipinski definition) is 1. The summed E-state index contributed by atoms with van der Waals surface area (Å²) in [4.78, 5) is 28.5. The van der Waals surface area contributed by atoms with Crippen molar-refractivity contribution in [2.24, 2.45) is 0 Å². The zero-order valence-electron chi connectivity index (χ0n) is 7.81. The number of carbonyl (C=O) groups excluding carboxylic acids is 1. The molecule has 15 heavy (non-hydrogen) atoms. The van der Waals surface area contributed by atoms with E-state index in [1.807, 2.05) is 0 Å². The number of carbonyl (C=O) groups is 1. The molecule has 1 N–H and O–H groups in total. The molecule has 74 valence electrons. The zero-order valence-corrected chi connectivity index (χ0v) is 7.81. The quantitative estimate of drug-likeness (QED) is 0.742. The molecule has 0 saturated heterocycles. The summed E-state index contributed by atoms with van der Waals surface area (Å²) in [6.07, 6.45) is 3.48. The molecule has 0 amide bonds. The highest BCUT2D eigenvalue weighted by atomic mass is 16.1. The Morgan fingerprint density at radius 3 is 2.73 bits per heavy atom. The fourth-order valence-corrected chi connectivity index (χ4v) is 1.38. The predicted octanol–water partition coefficient (Wildman–Crippen LogP) is 1.25. The van der Waals surface area contributed by atoms with Gasteiger partial charge in [-0.05, 0) is 5.56 Å². The predicted molar refractivity (Wildman–Crippen MR) is 55.7 cm³/mol. The summed E-state index contributed by atoms with van der Waals surface area (Å²) < 4.78 is 0. The number of nitrogens with one attached hydrogen (secondary N) is 1. The van der Waals surface area contributed by atoms with Crippen molar-refractivity contribution in [2.45, 2.75) is 0 Å². The van der Waals surface area contributed by atoms with Crippen LogP contribution in [0.4, 0.5) is 0 Å². The Morgan fingerprint density at radius 2 is 2.00 bits per heavy atom. The van der Waals surface area contributed by atoms with Gasteiger partial charge in [-0.2, -0.15) is 0 Å². The average molecular weight is 200 g/mol. The lowest BCUT2D eigenvalue weighted by molar-refractivity contribution is 0.112. The number of aromatic amines is 1. The van der Waals surface area contributed by atoms with E-state index < -0.39 is 0 Å². The van der Waals surface area contributed by atoms with Gasteiger partial charge in [-0.15, -0.1) is 0 Å². The molecular weight excluding hydrogens is 192 g/mol. The molecule has 4 heteroatoms. The number of H-pyrrole nitrogens is 1. The summed E-state index contributed by atoms with van der Waals surface area (Å²) in [5.74, 6) is 0. The van der Waals surface area contributed by atoms with Crippen LogP contribution in [0.2, 0.25) is 0 Å². The molecule has 0 spiro atoms. The molecule has 2 aromatic rings.